The maximum Gasteiger partial charge on any atom is 0.238 e. The number of sulfonamides is 1. The van der Waals surface area contributed by atoms with Gasteiger partial charge < -0.3 is 5.32 Å². The minimum absolute atomic E-state index is 0.193. The third-order valence-corrected chi connectivity index (χ3v) is 4.14. The molecule has 0 bridgehead atoms. The third kappa shape index (κ3) is 3.71. The second-order valence-electron chi connectivity index (χ2n) is 4.51. The van der Waals surface area contributed by atoms with E-state index in [4.69, 9.17) is 5.14 Å². The summed E-state index contributed by atoms with van der Waals surface area (Å²) >= 11 is 0. The highest BCUT2D eigenvalue weighted by molar-refractivity contribution is 7.89. The van der Waals surface area contributed by atoms with E-state index in [1.54, 1.807) is 13.0 Å². The van der Waals surface area contributed by atoms with E-state index in [0.29, 0.717) is 11.6 Å². The van der Waals surface area contributed by atoms with Crippen LogP contribution in [-0.4, -0.2) is 14.5 Å². The summed E-state index contributed by atoms with van der Waals surface area (Å²) in [6, 6.07) is 5.51. The fourth-order valence-corrected chi connectivity index (χ4v) is 2.83. The molecule has 1 unspecified atom stereocenters. The van der Waals surface area contributed by atoms with Crippen molar-refractivity contribution in [3.63, 3.8) is 0 Å². The molecule has 1 aromatic rings. The Balaban J connectivity index is 3.04. The number of hydrogen-bond acceptors (Lipinski definition) is 3. The fourth-order valence-electron chi connectivity index (χ4n) is 2.03. The van der Waals surface area contributed by atoms with Crippen molar-refractivity contribution in [2.45, 2.75) is 51.0 Å². The van der Waals surface area contributed by atoms with Crippen LogP contribution in [0, 0.1) is 6.92 Å². The average molecular weight is 270 g/mol. The number of nitrogens with one attached hydrogen (secondary N) is 1. The van der Waals surface area contributed by atoms with Gasteiger partial charge in [0, 0.05) is 11.7 Å². The molecule has 0 aliphatic heterocycles. The zero-order valence-corrected chi connectivity index (χ0v) is 12.0. The van der Waals surface area contributed by atoms with Gasteiger partial charge >= 0.3 is 0 Å². The number of benzene rings is 1. The molecule has 0 aliphatic carbocycles. The second-order valence-corrected chi connectivity index (χ2v) is 6.04. The minimum Gasteiger partial charge on any atom is -0.382 e. The molecule has 1 rings (SSSR count). The van der Waals surface area contributed by atoms with Gasteiger partial charge in [0.1, 0.15) is 0 Å². The highest BCUT2D eigenvalue weighted by Gasteiger charge is 2.15. The molecule has 18 heavy (non-hydrogen) atoms. The van der Waals surface area contributed by atoms with E-state index >= 15 is 0 Å². The molecule has 0 saturated heterocycles. The van der Waals surface area contributed by atoms with Crippen LogP contribution < -0.4 is 10.5 Å². The number of primary sulfonamides is 1. The summed E-state index contributed by atoms with van der Waals surface area (Å²) in [4.78, 5) is 0.193. The summed E-state index contributed by atoms with van der Waals surface area (Å²) in [6.07, 6.45) is 3.17. The van der Waals surface area contributed by atoms with Crippen LogP contribution in [0.5, 0.6) is 0 Å². The molecule has 102 valence electrons. The first-order chi connectivity index (χ1) is 8.40. The molecule has 5 heteroatoms. The maximum atomic E-state index is 11.4. The summed E-state index contributed by atoms with van der Waals surface area (Å²) in [5.41, 5.74) is 1.54. The minimum atomic E-state index is -3.65. The van der Waals surface area contributed by atoms with E-state index in [2.05, 4.69) is 19.2 Å². The van der Waals surface area contributed by atoms with Crippen molar-refractivity contribution < 1.29 is 8.42 Å². The molecule has 0 heterocycles. The van der Waals surface area contributed by atoms with Crippen molar-refractivity contribution >= 4 is 15.7 Å². The van der Waals surface area contributed by atoms with E-state index in [0.717, 1.165) is 24.9 Å². The Hall–Kier alpha value is -1.07. The van der Waals surface area contributed by atoms with Crippen molar-refractivity contribution in [2.75, 3.05) is 5.32 Å². The highest BCUT2D eigenvalue weighted by Crippen LogP contribution is 2.23. The zero-order chi connectivity index (χ0) is 13.8. The van der Waals surface area contributed by atoms with Crippen LogP contribution in [0.2, 0.25) is 0 Å². The Morgan fingerprint density at radius 3 is 2.50 bits per heavy atom. The predicted octanol–water partition coefficient (Wildman–Crippen LogP) is 2.63. The van der Waals surface area contributed by atoms with Gasteiger partial charge in [-0.1, -0.05) is 26.3 Å². The summed E-state index contributed by atoms with van der Waals surface area (Å²) in [5.74, 6) is 0. The second kappa shape index (κ2) is 6.20. The number of nitrogens with two attached hydrogens (primary N) is 1. The summed E-state index contributed by atoms with van der Waals surface area (Å²) in [5, 5.41) is 8.58. The zero-order valence-electron chi connectivity index (χ0n) is 11.2. The van der Waals surface area contributed by atoms with Crippen molar-refractivity contribution in [3.05, 3.63) is 23.8 Å². The van der Waals surface area contributed by atoms with Crippen LogP contribution >= 0.6 is 0 Å². The number of rotatable bonds is 6. The van der Waals surface area contributed by atoms with E-state index in [1.807, 2.05) is 6.07 Å². The lowest BCUT2D eigenvalue weighted by Crippen LogP contribution is -2.20. The van der Waals surface area contributed by atoms with E-state index in [-0.39, 0.29) is 4.90 Å². The molecule has 3 N–H and O–H groups in total. The molecular formula is C13H22N2O2S. The molecule has 1 atom stereocenters. The Labute approximate surface area is 110 Å². The van der Waals surface area contributed by atoms with E-state index in [1.165, 1.54) is 6.07 Å². The van der Waals surface area contributed by atoms with Crippen molar-refractivity contribution in [3.8, 4) is 0 Å². The third-order valence-electron chi connectivity index (χ3n) is 3.08. The maximum absolute atomic E-state index is 11.4. The Morgan fingerprint density at radius 2 is 2.00 bits per heavy atom. The van der Waals surface area contributed by atoms with Gasteiger partial charge in [-0.3, -0.25) is 0 Å². The molecule has 4 nitrogen and oxygen atoms in total. The van der Waals surface area contributed by atoms with Crippen molar-refractivity contribution in [1.29, 1.82) is 0 Å². The quantitative estimate of drug-likeness (QED) is 0.834. The fraction of sp³-hybridized carbons (Fsp3) is 0.538. The molecule has 0 amide bonds. The first kappa shape index (κ1) is 15.0. The Bertz CT molecular complexity index is 498. The molecule has 0 radical (unpaired) electrons. The first-order valence-corrected chi connectivity index (χ1v) is 7.83. The summed E-state index contributed by atoms with van der Waals surface area (Å²) in [6.45, 7) is 6.03. The van der Waals surface area contributed by atoms with Crippen LogP contribution in [0.1, 0.15) is 38.7 Å². The van der Waals surface area contributed by atoms with Crippen LogP contribution in [0.3, 0.4) is 0 Å². The topological polar surface area (TPSA) is 72.2 Å². The molecule has 0 fully saturated rings. The molecule has 0 saturated carbocycles. The lowest BCUT2D eigenvalue weighted by atomic mass is 10.1. The van der Waals surface area contributed by atoms with Crippen LogP contribution in [0.25, 0.3) is 0 Å². The lowest BCUT2D eigenvalue weighted by molar-refractivity contribution is 0.597. The average Bonchev–Trinajstić information content (AvgIpc) is 2.29. The molecular weight excluding hydrogens is 248 g/mol. The van der Waals surface area contributed by atoms with Gasteiger partial charge in [-0.25, -0.2) is 13.6 Å². The smallest absolute Gasteiger partial charge is 0.238 e. The summed E-state index contributed by atoms with van der Waals surface area (Å²) in [7, 11) is -3.65. The summed E-state index contributed by atoms with van der Waals surface area (Å²) < 4.78 is 22.9. The van der Waals surface area contributed by atoms with E-state index in [9.17, 15) is 8.42 Å². The van der Waals surface area contributed by atoms with Crippen molar-refractivity contribution in [2.24, 2.45) is 5.14 Å². The van der Waals surface area contributed by atoms with Gasteiger partial charge in [-0.15, -0.1) is 0 Å². The monoisotopic (exact) mass is 270 g/mol. The molecule has 0 aliphatic rings. The normalized spacial score (nSPS) is 13.3. The Kier molecular flexibility index (Phi) is 5.16. The van der Waals surface area contributed by atoms with Gasteiger partial charge in [0.05, 0.1) is 4.90 Å². The molecule has 0 spiro atoms. The highest BCUT2D eigenvalue weighted by atomic mass is 32.2. The molecule has 0 aromatic heterocycles. The standard InChI is InChI=1S/C13H22N2O2S/c1-4-7-11(5-2)15-12-8-6-9-13(10(12)3)18(14,16)17/h6,8-9,11,15H,4-5,7H2,1-3H3,(H2,14,16,17). The lowest BCUT2D eigenvalue weighted by Gasteiger charge is -2.20. The number of anilines is 1. The van der Waals surface area contributed by atoms with Crippen LogP contribution in [0.4, 0.5) is 5.69 Å². The van der Waals surface area contributed by atoms with Gasteiger partial charge in [0.25, 0.3) is 0 Å². The van der Waals surface area contributed by atoms with Gasteiger partial charge in [0.2, 0.25) is 10.0 Å². The van der Waals surface area contributed by atoms with Crippen LogP contribution in [-0.2, 0) is 10.0 Å². The SMILES string of the molecule is CCCC(CC)Nc1cccc(S(N)(=O)=O)c1C. The predicted molar refractivity (Wildman–Crippen MR) is 75.2 cm³/mol. The van der Waals surface area contributed by atoms with Gasteiger partial charge in [-0.2, -0.15) is 0 Å². The first-order valence-electron chi connectivity index (χ1n) is 6.29. The Morgan fingerprint density at radius 1 is 1.33 bits per heavy atom. The number of hydrogen-bond donors (Lipinski definition) is 2. The van der Waals surface area contributed by atoms with Crippen molar-refractivity contribution in [1.82, 2.24) is 0 Å². The molecule has 1 aromatic carbocycles. The van der Waals surface area contributed by atoms with Gasteiger partial charge in [-0.05, 0) is 37.5 Å². The van der Waals surface area contributed by atoms with Gasteiger partial charge in [0.15, 0.2) is 0 Å². The van der Waals surface area contributed by atoms with Crippen LogP contribution in [0.15, 0.2) is 23.1 Å². The largest absolute Gasteiger partial charge is 0.382 e. The van der Waals surface area contributed by atoms with E-state index < -0.39 is 10.0 Å².